The van der Waals surface area contributed by atoms with Gasteiger partial charge in [0.2, 0.25) is 5.91 Å². The maximum atomic E-state index is 11.2. The third-order valence-electron chi connectivity index (χ3n) is 1.74. The molecule has 98 valence electrons. The average molecular weight is 251 g/mol. The second kappa shape index (κ2) is 8.81. The van der Waals surface area contributed by atoms with Crippen LogP contribution in [-0.2, 0) is 9.53 Å². The molecule has 0 spiro atoms. The number of esters is 1. The number of benzene rings is 1. The predicted octanol–water partition coefficient (Wildman–Crippen LogP) is 1.62. The molecule has 0 bridgehead atoms. The second-order valence-electron chi connectivity index (χ2n) is 3.29. The molecular formula is C13H17NO4. The lowest BCUT2D eigenvalue weighted by atomic mass is 10.2. The molecule has 5 heteroatoms. The van der Waals surface area contributed by atoms with Gasteiger partial charge in [-0.1, -0.05) is 13.5 Å². The van der Waals surface area contributed by atoms with Crippen LogP contribution in [0.3, 0.4) is 0 Å². The zero-order chi connectivity index (χ0) is 14.0. The van der Waals surface area contributed by atoms with Crippen molar-refractivity contribution < 1.29 is 19.4 Å². The molecule has 0 heterocycles. The summed E-state index contributed by atoms with van der Waals surface area (Å²) in [6, 6.07) is 5.99. The van der Waals surface area contributed by atoms with E-state index in [0.29, 0.717) is 12.2 Å². The van der Waals surface area contributed by atoms with E-state index in [9.17, 15) is 9.59 Å². The molecule has 0 atom stereocenters. The fourth-order valence-electron chi connectivity index (χ4n) is 0.876. The Balaban J connectivity index is 0.000000494. The van der Waals surface area contributed by atoms with Gasteiger partial charge in [0.05, 0.1) is 12.2 Å². The summed E-state index contributed by atoms with van der Waals surface area (Å²) in [5.41, 5.74) is 5.00. The Bertz CT molecular complexity index is 398. The number of ether oxygens (including phenoxy) is 1. The Labute approximate surface area is 106 Å². The largest absolute Gasteiger partial charge is 0.508 e. The average Bonchev–Trinajstić information content (AvgIpc) is 2.37. The molecular weight excluding hydrogens is 234 g/mol. The number of hydrogen-bond donors (Lipinski definition) is 2. The molecule has 0 saturated heterocycles. The maximum Gasteiger partial charge on any atom is 0.338 e. The van der Waals surface area contributed by atoms with E-state index >= 15 is 0 Å². The number of nitrogens with two attached hydrogens (primary N) is 1. The number of aromatic hydroxyl groups is 1. The third-order valence-corrected chi connectivity index (χ3v) is 1.74. The molecule has 18 heavy (non-hydrogen) atoms. The monoisotopic (exact) mass is 251 g/mol. The third kappa shape index (κ3) is 7.05. The number of amides is 1. The summed E-state index contributed by atoms with van der Waals surface area (Å²) in [6.07, 6.45) is 1.86. The van der Waals surface area contributed by atoms with Gasteiger partial charge >= 0.3 is 5.97 Å². The minimum atomic E-state index is -0.481. The number of phenols is 1. The van der Waals surface area contributed by atoms with Gasteiger partial charge in [-0.05, 0) is 36.8 Å². The van der Waals surface area contributed by atoms with Gasteiger partial charge in [0.1, 0.15) is 5.75 Å². The van der Waals surface area contributed by atoms with E-state index in [-0.39, 0.29) is 11.7 Å². The van der Waals surface area contributed by atoms with Crippen LogP contribution in [0.5, 0.6) is 5.75 Å². The molecule has 0 aromatic heterocycles. The fourth-order valence-corrected chi connectivity index (χ4v) is 0.876. The Morgan fingerprint density at radius 1 is 1.39 bits per heavy atom. The molecule has 0 fully saturated rings. The molecule has 0 aliphatic carbocycles. The molecule has 1 amide bonds. The lowest BCUT2D eigenvalue weighted by Crippen LogP contribution is -2.05. The van der Waals surface area contributed by atoms with Gasteiger partial charge in [-0.2, -0.15) is 0 Å². The molecule has 0 unspecified atom stereocenters. The topological polar surface area (TPSA) is 89.6 Å². The van der Waals surface area contributed by atoms with Crippen LogP contribution in [0.4, 0.5) is 0 Å². The second-order valence-corrected chi connectivity index (χ2v) is 3.29. The van der Waals surface area contributed by atoms with Crippen molar-refractivity contribution in [3.8, 4) is 5.75 Å². The first-order chi connectivity index (χ1) is 8.51. The van der Waals surface area contributed by atoms with Gasteiger partial charge in [-0.25, -0.2) is 4.79 Å². The van der Waals surface area contributed by atoms with Gasteiger partial charge in [0.25, 0.3) is 0 Å². The lowest BCUT2D eigenvalue weighted by molar-refractivity contribution is -0.113. The molecule has 0 radical (unpaired) electrons. The van der Waals surface area contributed by atoms with Crippen molar-refractivity contribution in [1.82, 2.24) is 0 Å². The number of carbonyl (C=O) groups excluding carboxylic acids is 2. The zero-order valence-corrected chi connectivity index (χ0v) is 10.3. The van der Waals surface area contributed by atoms with Gasteiger partial charge in [-0.15, -0.1) is 0 Å². The van der Waals surface area contributed by atoms with Gasteiger partial charge in [-0.3, -0.25) is 4.79 Å². The number of rotatable bonds is 4. The van der Waals surface area contributed by atoms with Crippen molar-refractivity contribution in [1.29, 1.82) is 0 Å². The molecule has 0 aliphatic rings. The SMILES string of the molecule is C=CC(N)=O.CCCOC(=O)c1ccc(O)cc1. The smallest absolute Gasteiger partial charge is 0.338 e. The number of phenolic OH excluding ortho intramolecular Hbond substituents is 1. The highest BCUT2D eigenvalue weighted by Crippen LogP contribution is 2.10. The predicted molar refractivity (Wildman–Crippen MR) is 68.1 cm³/mol. The summed E-state index contributed by atoms with van der Waals surface area (Å²) < 4.78 is 4.90. The van der Waals surface area contributed by atoms with Gasteiger partial charge in [0.15, 0.2) is 0 Å². The van der Waals surface area contributed by atoms with E-state index in [1.165, 1.54) is 24.3 Å². The zero-order valence-electron chi connectivity index (χ0n) is 10.3. The number of hydrogen-bond acceptors (Lipinski definition) is 4. The Kier molecular flexibility index (Phi) is 7.68. The van der Waals surface area contributed by atoms with E-state index in [1.807, 2.05) is 6.92 Å². The maximum absolute atomic E-state index is 11.2. The summed E-state index contributed by atoms with van der Waals surface area (Å²) in [7, 11) is 0. The molecule has 0 aliphatic heterocycles. The molecule has 5 nitrogen and oxygen atoms in total. The number of carbonyl (C=O) groups is 2. The van der Waals surface area contributed by atoms with Crippen LogP contribution in [0.2, 0.25) is 0 Å². The summed E-state index contributed by atoms with van der Waals surface area (Å²) >= 11 is 0. The van der Waals surface area contributed by atoms with Crippen LogP contribution in [0.25, 0.3) is 0 Å². The molecule has 0 saturated carbocycles. The fraction of sp³-hybridized carbons (Fsp3) is 0.231. The Hall–Kier alpha value is -2.30. The Morgan fingerprint density at radius 3 is 2.28 bits per heavy atom. The van der Waals surface area contributed by atoms with Crippen LogP contribution in [0.15, 0.2) is 36.9 Å². The summed E-state index contributed by atoms with van der Waals surface area (Å²) in [5, 5.41) is 8.96. The first-order valence-electron chi connectivity index (χ1n) is 5.39. The van der Waals surface area contributed by atoms with E-state index in [1.54, 1.807) is 0 Å². The van der Waals surface area contributed by atoms with Crippen LogP contribution < -0.4 is 5.73 Å². The van der Waals surface area contributed by atoms with Crippen molar-refractivity contribution in [2.24, 2.45) is 5.73 Å². The van der Waals surface area contributed by atoms with E-state index in [4.69, 9.17) is 9.84 Å². The summed E-state index contributed by atoms with van der Waals surface area (Å²) in [5.74, 6) is -0.682. The highest BCUT2D eigenvalue weighted by atomic mass is 16.5. The van der Waals surface area contributed by atoms with Crippen molar-refractivity contribution >= 4 is 11.9 Å². The van der Waals surface area contributed by atoms with Crippen molar-refractivity contribution in [2.75, 3.05) is 6.61 Å². The highest BCUT2D eigenvalue weighted by molar-refractivity contribution is 5.89. The first kappa shape index (κ1) is 15.7. The van der Waals surface area contributed by atoms with Crippen LogP contribution in [0.1, 0.15) is 23.7 Å². The summed E-state index contributed by atoms with van der Waals surface area (Å²) in [6.45, 7) is 5.45. The quantitative estimate of drug-likeness (QED) is 0.628. The normalized spacial score (nSPS) is 8.72. The molecule has 1 rings (SSSR count). The lowest BCUT2D eigenvalue weighted by Gasteiger charge is -2.02. The van der Waals surface area contributed by atoms with E-state index in [0.717, 1.165) is 12.5 Å². The standard InChI is InChI=1S/C10H12O3.C3H5NO/c1-2-7-13-10(12)8-3-5-9(11)6-4-8;1-2-3(4)5/h3-6,11H,2,7H2,1H3;2H,1H2,(H2,4,5). The van der Waals surface area contributed by atoms with Gasteiger partial charge in [0, 0.05) is 0 Å². The van der Waals surface area contributed by atoms with Crippen LogP contribution >= 0.6 is 0 Å². The van der Waals surface area contributed by atoms with Crippen molar-refractivity contribution in [2.45, 2.75) is 13.3 Å². The van der Waals surface area contributed by atoms with Gasteiger partial charge < -0.3 is 15.6 Å². The van der Waals surface area contributed by atoms with E-state index < -0.39 is 5.91 Å². The van der Waals surface area contributed by atoms with Crippen molar-refractivity contribution in [3.05, 3.63) is 42.5 Å². The molecule has 1 aromatic carbocycles. The minimum Gasteiger partial charge on any atom is -0.508 e. The molecule has 1 aromatic rings. The molecule has 3 N–H and O–H groups in total. The van der Waals surface area contributed by atoms with Crippen molar-refractivity contribution in [3.63, 3.8) is 0 Å². The summed E-state index contributed by atoms with van der Waals surface area (Å²) in [4.78, 5) is 20.7. The Morgan fingerprint density at radius 2 is 1.89 bits per heavy atom. The minimum absolute atomic E-state index is 0.145. The number of primary amides is 1. The highest BCUT2D eigenvalue weighted by Gasteiger charge is 2.05. The van der Waals surface area contributed by atoms with E-state index in [2.05, 4.69) is 12.3 Å². The van der Waals surface area contributed by atoms with Crippen LogP contribution in [0, 0.1) is 0 Å². The first-order valence-corrected chi connectivity index (χ1v) is 5.39. The van der Waals surface area contributed by atoms with Crippen LogP contribution in [-0.4, -0.2) is 23.6 Å².